The molecule has 0 fully saturated rings. The zero-order valence-corrected chi connectivity index (χ0v) is 16.3. The molecular weight excluding hydrogens is 379 g/mol. The molecule has 1 N–H and O–H groups in total. The van der Waals surface area contributed by atoms with Crippen LogP contribution in [0, 0.1) is 0 Å². The summed E-state index contributed by atoms with van der Waals surface area (Å²) < 4.78 is 0. The molecule has 0 saturated heterocycles. The van der Waals surface area contributed by atoms with Gasteiger partial charge in [-0.2, -0.15) is 0 Å². The number of aliphatic hydroxyl groups excluding tert-OH is 1. The molecule has 3 aromatic carbocycles. The summed E-state index contributed by atoms with van der Waals surface area (Å²) in [5.74, 6) is 0. The molecule has 0 heterocycles. The molecule has 24 heavy (non-hydrogen) atoms. The first-order valence-electron chi connectivity index (χ1n) is 8.05. The number of benzene rings is 3. The lowest BCUT2D eigenvalue weighted by atomic mass is 10.1. The van der Waals surface area contributed by atoms with Gasteiger partial charge in [0.2, 0.25) is 0 Å². The molecule has 124 valence electrons. The van der Waals surface area contributed by atoms with Gasteiger partial charge in [-0.15, -0.1) is 0 Å². The molecule has 0 saturated carbocycles. The fraction of sp³-hybridized carbons (Fsp3) is 0.143. The third kappa shape index (κ3) is 4.33. The molecule has 1 unspecified atom stereocenters. The van der Waals surface area contributed by atoms with E-state index in [2.05, 4.69) is 78.9 Å². The van der Waals surface area contributed by atoms with Crippen molar-refractivity contribution in [1.82, 2.24) is 0 Å². The van der Waals surface area contributed by atoms with E-state index in [1.54, 1.807) is 0 Å². The molecular formula is C21H22BrOP. The minimum absolute atomic E-state index is 0. The monoisotopic (exact) mass is 400 g/mol. The Kier molecular flexibility index (Phi) is 7.17. The van der Waals surface area contributed by atoms with Crippen molar-refractivity contribution in [2.24, 2.45) is 0 Å². The van der Waals surface area contributed by atoms with Gasteiger partial charge in [0, 0.05) is 0 Å². The quantitative estimate of drug-likeness (QED) is 0.622. The van der Waals surface area contributed by atoms with Crippen LogP contribution < -0.4 is 32.9 Å². The highest BCUT2D eigenvalue weighted by molar-refractivity contribution is 7.79. The Bertz CT molecular complexity index is 707. The van der Waals surface area contributed by atoms with Gasteiger partial charge >= 0.3 is 0 Å². The van der Waals surface area contributed by atoms with Gasteiger partial charge in [-0.3, -0.25) is 0 Å². The molecule has 3 heteroatoms. The van der Waals surface area contributed by atoms with Gasteiger partial charge in [-0.05, 0) is 48.4 Å². The lowest BCUT2D eigenvalue weighted by molar-refractivity contribution is -0.00000616. The van der Waals surface area contributed by atoms with E-state index in [1.165, 1.54) is 15.9 Å². The zero-order valence-electron chi connectivity index (χ0n) is 13.7. The molecule has 0 aliphatic rings. The second kappa shape index (κ2) is 9.13. The minimum Gasteiger partial charge on any atom is -1.00 e. The first-order valence-corrected chi connectivity index (χ1v) is 9.55. The predicted molar refractivity (Wildman–Crippen MR) is 102 cm³/mol. The molecule has 1 nitrogen and oxygen atoms in total. The molecule has 0 amide bonds. The molecule has 0 spiro atoms. The second-order valence-electron chi connectivity index (χ2n) is 5.66. The smallest absolute Gasteiger partial charge is 0.102 e. The summed E-state index contributed by atoms with van der Waals surface area (Å²) in [6, 6.07) is 29.9. The molecule has 3 aromatic rings. The summed E-state index contributed by atoms with van der Waals surface area (Å²) in [6.07, 6.45) is 0.354. The maximum absolute atomic E-state index is 10.2. The summed E-state index contributed by atoms with van der Waals surface area (Å²) in [7, 11) is -1.05. The average molecular weight is 401 g/mol. The summed E-state index contributed by atoms with van der Waals surface area (Å²) in [5, 5.41) is 14.2. The van der Waals surface area contributed by atoms with Crippen LogP contribution in [-0.4, -0.2) is 5.11 Å². The Balaban J connectivity index is 0.00000208. The number of halogens is 1. The number of hydrogen-bond donors (Lipinski definition) is 1. The standard InChI is InChI=1S/C21H21OP.BrH/c1-2-21(22)17-10-9-15-20(16-17)23(18-11-5-3-6-12-18)19-13-7-4-8-14-19;/h3-16,21-22H,2H2,1H3;1H. The first-order chi connectivity index (χ1) is 11.3. The topological polar surface area (TPSA) is 20.2 Å². The molecule has 3 rings (SSSR count). The summed E-state index contributed by atoms with van der Waals surface area (Å²) in [4.78, 5) is 0. The Morgan fingerprint density at radius 3 is 1.75 bits per heavy atom. The fourth-order valence-electron chi connectivity index (χ4n) is 2.85. The lowest BCUT2D eigenvalue weighted by Gasteiger charge is -2.13. The van der Waals surface area contributed by atoms with E-state index in [9.17, 15) is 5.11 Å². The van der Waals surface area contributed by atoms with Crippen molar-refractivity contribution in [2.75, 3.05) is 0 Å². The second-order valence-corrected chi connectivity index (χ2v) is 8.14. The van der Waals surface area contributed by atoms with Crippen molar-refractivity contribution >= 4 is 23.8 Å². The Hall–Kier alpha value is -1.47. The number of aliphatic hydroxyl groups is 1. The van der Waals surface area contributed by atoms with Crippen LogP contribution in [0.1, 0.15) is 25.0 Å². The van der Waals surface area contributed by atoms with E-state index in [1.807, 2.05) is 13.0 Å². The van der Waals surface area contributed by atoms with E-state index >= 15 is 0 Å². The third-order valence-electron chi connectivity index (χ3n) is 4.07. The average Bonchev–Trinajstić information content (AvgIpc) is 2.63. The largest absolute Gasteiger partial charge is 1.00 e. The summed E-state index contributed by atoms with van der Waals surface area (Å²) in [6.45, 7) is 2.01. The Labute approximate surface area is 155 Å². The Morgan fingerprint density at radius 2 is 1.25 bits per heavy atom. The van der Waals surface area contributed by atoms with Gasteiger partial charge in [0.1, 0.15) is 15.9 Å². The van der Waals surface area contributed by atoms with Crippen LogP contribution in [0.3, 0.4) is 0 Å². The van der Waals surface area contributed by atoms with Crippen LogP contribution in [0.2, 0.25) is 0 Å². The zero-order chi connectivity index (χ0) is 16.1. The van der Waals surface area contributed by atoms with E-state index in [4.69, 9.17) is 0 Å². The van der Waals surface area contributed by atoms with Crippen molar-refractivity contribution in [2.45, 2.75) is 19.4 Å². The predicted octanol–water partition coefficient (Wildman–Crippen LogP) is 0.624. The minimum atomic E-state index is -1.05. The van der Waals surface area contributed by atoms with Crippen LogP contribution in [0.25, 0.3) is 0 Å². The van der Waals surface area contributed by atoms with Crippen molar-refractivity contribution < 1.29 is 22.1 Å². The molecule has 0 aliphatic heterocycles. The SMILES string of the molecule is CCC(O)c1cccc([PH+](c2ccccc2)c2ccccc2)c1.[Br-]. The van der Waals surface area contributed by atoms with Gasteiger partial charge in [-0.25, -0.2) is 0 Å². The van der Waals surface area contributed by atoms with Gasteiger partial charge in [-0.1, -0.05) is 55.5 Å². The van der Waals surface area contributed by atoms with Crippen molar-refractivity contribution in [3.8, 4) is 0 Å². The van der Waals surface area contributed by atoms with E-state index in [0.717, 1.165) is 12.0 Å². The highest BCUT2D eigenvalue weighted by Crippen LogP contribution is 2.33. The van der Waals surface area contributed by atoms with E-state index in [0.29, 0.717) is 0 Å². The van der Waals surface area contributed by atoms with Gasteiger partial charge in [0.05, 0.1) is 14.0 Å². The van der Waals surface area contributed by atoms with Crippen LogP contribution in [0.4, 0.5) is 0 Å². The van der Waals surface area contributed by atoms with E-state index in [-0.39, 0.29) is 23.1 Å². The normalized spacial score (nSPS) is 11.8. The number of hydrogen-bond acceptors (Lipinski definition) is 1. The highest BCUT2D eigenvalue weighted by Gasteiger charge is 2.25. The maximum atomic E-state index is 10.2. The molecule has 0 bridgehead atoms. The molecule has 0 radical (unpaired) electrons. The maximum Gasteiger partial charge on any atom is 0.102 e. The third-order valence-corrected chi connectivity index (χ3v) is 6.78. The van der Waals surface area contributed by atoms with Crippen LogP contribution in [-0.2, 0) is 0 Å². The first kappa shape index (κ1) is 18.9. The molecule has 1 atom stereocenters. The summed E-state index contributed by atoms with van der Waals surface area (Å²) >= 11 is 0. The summed E-state index contributed by atoms with van der Waals surface area (Å²) in [5.41, 5.74) is 1.01. The number of rotatable bonds is 5. The van der Waals surface area contributed by atoms with Crippen LogP contribution in [0.5, 0.6) is 0 Å². The lowest BCUT2D eigenvalue weighted by Crippen LogP contribution is -3.00. The molecule has 0 aromatic heterocycles. The highest BCUT2D eigenvalue weighted by atomic mass is 79.9. The van der Waals surface area contributed by atoms with Crippen molar-refractivity contribution in [3.05, 3.63) is 90.5 Å². The van der Waals surface area contributed by atoms with E-state index < -0.39 is 7.92 Å². The van der Waals surface area contributed by atoms with Gasteiger partial charge in [0.15, 0.2) is 0 Å². The fourth-order valence-corrected chi connectivity index (χ4v) is 5.47. The Morgan fingerprint density at radius 1 is 0.750 bits per heavy atom. The van der Waals surface area contributed by atoms with Crippen LogP contribution in [0.15, 0.2) is 84.9 Å². The van der Waals surface area contributed by atoms with Crippen LogP contribution >= 0.6 is 7.92 Å². The van der Waals surface area contributed by atoms with Crippen molar-refractivity contribution in [3.63, 3.8) is 0 Å². The van der Waals surface area contributed by atoms with Gasteiger partial charge in [0.25, 0.3) is 0 Å². The van der Waals surface area contributed by atoms with Crippen molar-refractivity contribution in [1.29, 1.82) is 0 Å². The van der Waals surface area contributed by atoms with Gasteiger partial charge < -0.3 is 22.1 Å². The molecule has 0 aliphatic carbocycles.